The summed E-state index contributed by atoms with van der Waals surface area (Å²) in [5.74, 6) is 0. The van der Waals surface area contributed by atoms with Crippen molar-refractivity contribution in [3.05, 3.63) is 60.2 Å². The zero-order valence-corrected chi connectivity index (χ0v) is 12.9. The molecule has 0 amide bonds. The molecule has 4 heteroatoms. The molecule has 0 aliphatic carbocycles. The van der Waals surface area contributed by atoms with Crippen molar-refractivity contribution < 1.29 is 33.9 Å². The average Bonchev–Trinajstić information content (AvgIpc) is 2.34. The Balaban J connectivity index is 0.00000162. The Kier molecular flexibility index (Phi) is 8.37. The summed E-state index contributed by atoms with van der Waals surface area (Å²) in [5, 5.41) is 0. The normalized spacial score (nSPS) is 9.37. The number of aryl methyl sites for hydroxylation is 4. The van der Waals surface area contributed by atoms with E-state index in [4.69, 9.17) is 0 Å². The molecule has 2 heterocycles. The lowest BCUT2D eigenvalue weighted by molar-refractivity contribution is -0.732. The maximum atomic E-state index is 2.30. The molecule has 0 saturated heterocycles. The lowest BCUT2D eigenvalue weighted by Crippen LogP contribution is -3.00. The predicted octanol–water partition coefficient (Wildman–Crippen LogP) is -4.02. The third-order valence-electron chi connectivity index (χ3n) is 3.13. The quantitative estimate of drug-likeness (QED) is 0.508. The van der Waals surface area contributed by atoms with E-state index in [-0.39, 0.29) is 24.8 Å². The van der Waals surface area contributed by atoms with Gasteiger partial charge in [0.05, 0.1) is 6.42 Å². The highest BCUT2D eigenvalue weighted by molar-refractivity contribution is 4.94. The molecular formula is C15H20Cl2N2. The van der Waals surface area contributed by atoms with Crippen molar-refractivity contribution in [1.29, 1.82) is 0 Å². The van der Waals surface area contributed by atoms with Crippen molar-refractivity contribution in [2.75, 3.05) is 0 Å². The minimum absolute atomic E-state index is 0. The molecule has 2 nitrogen and oxygen atoms in total. The Morgan fingerprint density at radius 2 is 1.16 bits per heavy atom. The van der Waals surface area contributed by atoms with Crippen LogP contribution in [0.5, 0.6) is 0 Å². The van der Waals surface area contributed by atoms with Crippen molar-refractivity contribution >= 4 is 0 Å². The molecule has 104 valence electrons. The summed E-state index contributed by atoms with van der Waals surface area (Å²) in [5.41, 5.74) is 2.64. The van der Waals surface area contributed by atoms with E-state index in [2.05, 4.69) is 71.8 Å². The summed E-state index contributed by atoms with van der Waals surface area (Å²) in [6.07, 6.45) is 5.46. The van der Waals surface area contributed by atoms with E-state index in [9.17, 15) is 0 Å². The smallest absolute Gasteiger partial charge is 0.178 e. The van der Waals surface area contributed by atoms with Gasteiger partial charge in [0.25, 0.3) is 0 Å². The molecule has 0 aliphatic heterocycles. The first-order chi connectivity index (χ1) is 8.27. The standard InChI is InChI=1S/C15H20N2.2ClH/c1-14-8-3-5-10-16(14)12-7-13-17-11-6-4-9-15(17)2;;/h3-6,8-11H,7,12-13H2,1-2H3;2*1H/q+2;;/p-2. The van der Waals surface area contributed by atoms with Crippen molar-refractivity contribution in [3.8, 4) is 0 Å². The Hall–Kier alpha value is -1.12. The van der Waals surface area contributed by atoms with Crippen molar-refractivity contribution in [1.82, 2.24) is 0 Å². The fourth-order valence-corrected chi connectivity index (χ4v) is 2.04. The molecule has 0 N–H and O–H groups in total. The second-order valence-corrected chi connectivity index (χ2v) is 4.42. The largest absolute Gasteiger partial charge is 1.00 e. The molecule has 0 unspecified atom stereocenters. The highest BCUT2D eigenvalue weighted by Gasteiger charge is 2.08. The number of halogens is 2. The van der Waals surface area contributed by atoms with Crippen molar-refractivity contribution in [2.24, 2.45) is 0 Å². The molecular weight excluding hydrogens is 279 g/mol. The fourth-order valence-electron chi connectivity index (χ4n) is 2.04. The molecule has 0 bridgehead atoms. The molecule has 0 fully saturated rings. The lowest BCUT2D eigenvalue weighted by Gasteiger charge is -2.00. The van der Waals surface area contributed by atoms with E-state index >= 15 is 0 Å². The number of rotatable bonds is 4. The van der Waals surface area contributed by atoms with Crippen molar-refractivity contribution in [3.63, 3.8) is 0 Å². The Morgan fingerprint density at radius 1 is 0.737 bits per heavy atom. The maximum Gasteiger partial charge on any atom is 0.178 e. The van der Waals surface area contributed by atoms with Gasteiger partial charge >= 0.3 is 0 Å². The van der Waals surface area contributed by atoms with E-state index in [1.165, 1.54) is 11.4 Å². The van der Waals surface area contributed by atoms with E-state index < -0.39 is 0 Å². The monoisotopic (exact) mass is 298 g/mol. The summed E-state index contributed by atoms with van der Waals surface area (Å²) in [4.78, 5) is 0. The van der Waals surface area contributed by atoms with Gasteiger partial charge in [0, 0.05) is 38.1 Å². The van der Waals surface area contributed by atoms with E-state index in [0.717, 1.165) is 19.5 Å². The molecule has 0 saturated carbocycles. The molecule has 2 aromatic heterocycles. The van der Waals surface area contributed by atoms with Crippen LogP contribution in [-0.4, -0.2) is 0 Å². The summed E-state index contributed by atoms with van der Waals surface area (Å²) >= 11 is 0. The van der Waals surface area contributed by atoms with Gasteiger partial charge in [-0.1, -0.05) is 12.1 Å². The highest BCUT2D eigenvalue weighted by Crippen LogP contribution is 1.92. The SMILES string of the molecule is Cc1cccc[n+]1CCC[n+]1ccccc1C.[Cl-].[Cl-]. The third-order valence-corrected chi connectivity index (χ3v) is 3.13. The topological polar surface area (TPSA) is 7.76 Å². The number of hydrogen-bond donors (Lipinski definition) is 0. The Labute approximate surface area is 127 Å². The Morgan fingerprint density at radius 3 is 1.53 bits per heavy atom. The van der Waals surface area contributed by atoms with Gasteiger partial charge in [-0.25, -0.2) is 9.13 Å². The molecule has 2 aromatic rings. The van der Waals surface area contributed by atoms with Crippen LogP contribution in [-0.2, 0) is 13.1 Å². The van der Waals surface area contributed by atoms with Crippen LogP contribution in [0.2, 0.25) is 0 Å². The van der Waals surface area contributed by atoms with Crippen LogP contribution in [0.3, 0.4) is 0 Å². The second kappa shape index (κ2) is 8.89. The molecule has 2 rings (SSSR count). The van der Waals surface area contributed by atoms with Gasteiger partial charge in [0.2, 0.25) is 0 Å². The number of hydrogen-bond acceptors (Lipinski definition) is 0. The lowest BCUT2D eigenvalue weighted by atomic mass is 10.3. The van der Waals surface area contributed by atoms with Crippen LogP contribution in [0.25, 0.3) is 0 Å². The first kappa shape index (κ1) is 17.9. The number of pyridine rings is 2. The van der Waals surface area contributed by atoms with Crippen LogP contribution in [0.4, 0.5) is 0 Å². The Bertz CT molecular complexity index is 456. The second-order valence-electron chi connectivity index (χ2n) is 4.42. The minimum atomic E-state index is 0. The van der Waals surface area contributed by atoms with Gasteiger partial charge in [0.15, 0.2) is 36.9 Å². The van der Waals surface area contributed by atoms with Gasteiger partial charge in [-0.05, 0) is 0 Å². The first-order valence-corrected chi connectivity index (χ1v) is 6.17. The molecule has 0 atom stereocenters. The summed E-state index contributed by atoms with van der Waals surface area (Å²) < 4.78 is 4.61. The van der Waals surface area contributed by atoms with Crippen LogP contribution < -0.4 is 33.9 Å². The van der Waals surface area contributed by atoms with Crippen LogP contribution in [0.15, 0.2) is 48.8 Å². The highest BCUT2D eigenvalue weighted by atomic mass is 35.5. The summed E-state index contributed by atoms with van der Waals surface area (Å²) in [7, 11) is 0. The molecule has 0 radical (unpaired) electrons. The van der Waals surface area contributed by atoms with Crippen molar-refractivity contribution in [2.45, 2.75) is 33.4 Å². The average molecular weight is 299 g/mol. The van der Waals surface area contributed by atoms with E-state index in [1.54, 1.807) is 0 Å². The third kappa shape index (κ3) is 5.17. The van der Waals surface area contributed by atoms with Crippen LogP contribution in [0, 0.1) is 13.8 Å². The molecule has 0 aromatic carbocycles. The minimum Gasteiger partial charge on any atom is -1.00 e. The van der Waals surface area contributed by atoms with Crippen LogP contribution in [0.1, 0.15) is 17.8 Å². The van der Waals surface area contributed by atoms with Gasteiger partial charge in [-0.2, -0.15) is 0 Å². The number of aromatic nitrogens is 2. The van der Waals surface area contributed by atoms with Gasteiger partial charge < -0.3 is 24.8 Å². The van der Waals surface area contributed by atoms with Gasteiger partial charge in [-0.15, -0.1) is 0 Å². The zero-order valence-electron chi connectivity index (χ0n) is 11.4. The van der Waals surface area contributed by atoms with Crippen LogP contribution >= 0.6 is 0 Å². The maximum absolute atomic E-state index is 2.30. The summed E-state index contributed by atoms with van der Waals surface area (Å²) in [6, 6.07) is 12.7. The van der Waals surface area contributed by atoms with Gasteiger partial charge in [-0.3, -0.25) is 0 Å². The molecule has 0 aliphatic rings. The van der Waals surface area contributed by atoms with Gasteiger partial charge in [0.1, 0.15) is 0 Å². The van der Waals surface area contributed by atoms with E-state index in [0.29, 0.717) is 0 Å². The van der Waals surface area contributed by atoms with E-state index in [1.807, 2.05) is 0 Å². The fraction of sp³-hybridized carbons (Fsp3) is 0.333. The predicted molar refractivity (Wildman–Crippen MR) is 67.4 cm³/mol. The first-order valence-electron chi connectivity index (χ1n) is 6.17. The zero-order chi connectivity index (χ0) is 12.1. The number of nitrogens with zero attached hydrogens (tertiary/aromatic N) is 2. The molecule has 19 heavy (non-hydrogen) atoms. The summed E-state index contributed by atoms with van der Waals surface area (Å²) in [6.45, 7) is 6.46. The molecule has 0 spiro atoms.